The van der Waals surface area contributed by atoms with E-state index in [1.807, 2.05) is 61.5 Å². The summed E-state index contributed by atoms with van der Waals surface area (Å²) >= 11 is 0. The molecule has 2 aliphatic rings. The van der Waals surface area contributed by atoms with E-state index in [2.05, 4.69) is 5.32 Å². The number of sulfonamides is 1. The van der Waals surface area contributed by atoms with E-state index in [1.165, 1.54) is 4.31 Å². The molecule has 1 saturated carbocycles. The van der Waals surface area contributed by atoms with Gasteiger partial charge in [0.15, 0.2) is 0 Å². The quantitative estimate of drug-likeness (QED) is 0.365. The first-order chi connectivity index (χ1) is 18.9. The topological polar surface area (TPSA) is 86.8 Å². The van der Waals surface area contributed by atoms with E-state index >= 15 is 0 Å². The molecule has 1 aliphatic heterocycles. The summed E-state index contributed by atoms with van der Waals surface area (Å²) in [6.07, 6.45) is 5.92. The lowest BCUT2D eigenvalue weighted by Gasteiger charge is -2.32. The summed E-state index contributed by atoms with van der Waals surface area (Å²) in [7, 11) is -3.67. The number of carbonyl (C=O) groups is 2. The molecule has 0 bridgehead atoms. The number of carbonyl (C=O) groups excluding carboxylic acids is 2. The first-order valence-electron chi connectivity index (χ1n) is 14.1. The highest BCUT2D eigenvalue weighted by Crippen LogP contribution is 2.42. The zero-order valence-corrected chi connectivity index (χ0v) is 23.3. The molecule has 1 atom stereocenters. The van der Waals surface area contributed by atoms with Crippen LogP contribution in [0.1, 0.15) is 57.4 Å². The van der Waals surface area contributed by atoms with Gasteiger partial charge in [0, 0.05) is 30.9 Å². The molecule has 8 heteroatoms. The fourth-order valence-electron chi connectivity index (χ4n) is 5.98. The molecule has 1 aliphatic carbocycles. The summed E-state index contributed by atoms with van der Waals surface area (Å²) in [5.41, 5.74) is 1.77. The van der Waals surface area contributed by atoms with Gasteiger partial charge < -0.3 is 10.2 Å². The van der Waals surface area contributed by atoms with Crippen LogP contribution in [0, 0.1) is 0 Å². The van der Waals surface area contributed by atoms with Crippen molar-refractivity contribution in [3.8, 4) is 0 Å². The van der Waals surface area contributed by atoms with Gasteiger partial charge in [-0.25, -0.2) is 8.42 Å². The van der Waals surface area contributed by atoms with Crippen LogP contribution in [0.3, 0.4) is 0 Å². The molecule has 1 N–H and O–H groups in total. The molecule has 0 saturated heterocycles. The van der Waals surface area contributed by atoms with Gasteiger partial charge in [-0.3, -0.25) is 13.9 Å². The van der Waals surface area contributed by atoms with E-state index in [4.69, 9.17) is 0 Å². The Bertz CT molecular complexity index is 1430. The Labute approximate surface area is 231 Å². The van der Waals surface area contributed by atoms with Gasteiger partial charge in [0.25, 0.3) is 10.0 Å². The van der Waals surface area contributed by atoms with E-state index in [-0.39, 0.29) is 30.8 Å². The molecule has 1 heterocycles. The molecule has 5 rings (SSSR count). The lowest BCUT2D eigenvalue weighted by atomic mass is 10.1. The monoisotopic (exact) mass is 547 g/mol. The van der Waals surface area contributed by atoms with Crippen LogP contribution in [0.15, 0.2) is 71.6 Å². The van der Waals surface area contributed by atoms with Gasteiger partial charge in [0.2, 0.25) is 11.8 Å². The second-order valence-corrected chi connectivity index (χ2v) is 12.4. The normalized spacial score (nSPS) is 16.9. The Morgan fingerprint density at radius 2 is 1.72 bits per heavy atom. The Morgan fingerprint density at radius 1 is 1.00 bits per heavy atom. The van der Waals surface area contributed by atoms with E-state index < -0.39 is 16.1 Å². The summed E-state index contributed by atoms with van der Waals surface area (Å²) in [5, 5.41) is 4.80. The van der Waals surface area contributed by atoms with Crippen molar-refractivity contribution < 1.29 is 18.0 Å². The fourth-order valence-corrected chi connectivity index (χ4v) is 7.73. The maximum atomic E-state index is 13.6. The molecule has 3 aromatic carbocycles. The average Bonchev–Trinajstić information content (AvgIpc) is 3.53. The van der Waals surface area contributed by atoms with Crippen LogP contribution in [0.25, 0.3) is 10.8 Å². The molecule has 0 aromatic heterocycles. The predicted molar refractivity (Wildman–Crippen MR) is 154 cm³/mol. The van der Waals surface area contributed by atoms with E-state index in [9.17, 15) is 18.0 Å². The molecule has 39 heavy (non-hydrogen) atoms. The number of hydrogen-bond donors (Lipinski definition) is 1. The minimum absolute atomic E-state index is 0.0879. The van der Waals surface area contributed by atoms with Gasteiger partial charge in [-0.1, -0.05) is 74.4 Å². The number of nitrogens with zero attached hydrogens (tertiary/aromatic N) is 2. The van der Waals surface area contributed by atoms with Gasteiger partial charge in [-0.05, 0) is 55.2 Å². The molecule has 3 aromatic rings. The van der Waals surface area contributed by atoms with Gasteiger partial charge in [0.1, 0.15) is 6.04 Å². The molecule has 0 unspecified atom stereocenters. The summed E-state index contributed by atoms with van der Waals surface area (Å²) < 4.78 is 28.1. The minimum Gasteiger partial charge on any atom is -0.352 e. The van der Waals surface area contributed by atoms with Crippen molar-refractivity contribution in [1.29, 1.82) is 0 Å². The molecular weight excluding hydrogens is 510 g/mol. The van der Waals surface area contributed by atoms with E-state index in [0.29, 0.717) is 36.4 Å². The molecular formula is C31H37N3O4S. The van der Waals surface area contributed by atoms with Crippen LogP contribution in [-0.4, -0.2) is 50.3 Å². The largest absolute Gasteiger partial charge is 0.352 e. The number of amides is 2. The number of benzene rings is 3. The van der Waals surface area contributed by atoms with Crippen molar-refractivity contribution in [3.05, 3.63) is 72.3 Å². The Morgan fingerprint density at radius 3 is 2.44 bits per heavy atom. The molecule has 206 valence electrons. The molecule has 0 radical (unpaired) electrons. The highest BCUT2D eigenvalue weighted by atomic mass is 32.2. The van der Waals surface area contributed by atoms with Crippen molar-refractivity contribution in [2.24, 2.45) is 0 Å². The van der Waals surface area contributed by atoms with Gasteiger partial charge >= 0.3 is 0 Å². The van der Waals surface area contributed by atoms with Gasteiger partial charge in [-0.2, -0.15) is 0 Å². The van der Waals surface area contributed by atoms with Crippen LogP contribution < -0.4 is 9.62 Å². The van der Waals surface area contributed by atoms with Crippen molar-refractivity contribution in [2.45, 2.75) is 75.3 Å². The van der Waals surface area contributed by atoms with Crippen molar-refractivity contribution in [2.75, 3.05) is 17.4 Å². The summed E-state index contributed by atoms with van der Waals surface area (Å²) in [5.74, 6) is -0.207. The number of anilines is 1. The van der Waals surface area contributed by atoms with Crippen LogP contribution in [-0.2, 0) is 26.0 Å². The smallest absolute Gasteiger partial charge is 0.265 e. The molecule has 1 fully saturated rings. The van der Waals surface area contributed by atoms with Gasteiger partial charge in [0.05, 0.1) is 10.6 Å². The van der Waals surface area contributed by atoms with Crippen LogP contribution in [0.4, 0.5) is 5.69 Å². The first-order valence-corrected chi connectivity index (χ1v) is 15.5. The van der Waals surface area contributed by atoms with Crippen LogP contribution in [0.5, 0.6) is 0 Å². The van der Waals surface area contributed by atoms with E-state index in [0.717, 1.165) is 42.0 Å². The lowest BCUT2D eigenvalue weighted by molar-refractivity contribution is -0.141. The standard InChI is InChI=1S/C31H37N3O4S/c1-2-26(31(36)32-25-15-6-7-16-25)33(22-20-23-11-4-3-5-12-23)29(35)19-10-21-34-27-17-8-13-24-14-9-18-28(30(24)27)39(34,37)38/h3-5,8-9,11-14,17-18,25-26H,2,6-7,10,15-16,19-22H2,1H3,(H,32,36)/t26-/m1/s1. The third kappa shape index (κ3) is 5.66. The maximum absolute atomic E-state index is 13.6. The third-order valence-electron chi connectivity index (χ3n) is 8.00. The fraction of sp³-hybridized carbons (Fsp3) is 0.419. The number of rotatable bonds is 11. The zero-order valence-electron chi connectivity index (χ0n) is 22.5. The summed E-state index contributed by atoms with van der Waals surface area (Å²) in [4.78, 5) is 29.0. The number of hydrogen-bond acceptors (Lipinski definition) is 4. The van der Waals surface area contributed by atoms with Crippen molar-refractivity contribution in [3.63, 3.8) is 0 Å². The number of nitrogens with one attached hydrogen (secondary N) is 1. The predicted octanol–water partition coefficient (Wildman–Crippen LogP) is 5.04. The van der Waals surface area contributed by atoms with E-state index in [1.54, 1.807) is 17.0 Å². The highest BCUT2D eigenvalue weighted by Gasteiger charge is 2.36. The minimum atomic E-state index is -3.67. The van der Waals surface area contributed by atoms with Crippen molar-refractivity contribution >= 4 is 38.3 Å². The first kappa shape index (κ1) is 27.2. The van der Waals surface area contributed by atoms with Crippen LogP contribution >= 0.6 is 0 Å². The Balaban J connectivity index is 1.29. The summed E-state index contributed by atoms with van der Waals surface area (Å²) in [6, 6.07) is 20.5. The summed E-state index contributed by atoms with van der Waals surface area (Å²) in [6.45, 7) is 2.59. The molecule has 2 amide bonds. The average molecular weight is 548 g/mol. The lowest BCUT2D eigenvalue weighted by Crippen LogP contribution is -2.51. The van der Waals surface area contributed by atoms with Crippen LogP contribution in [0.2, 0.25) is 0 Å². The third-order valence-corrected chi connectivity index (χ3v) is 9.86. The maximum Gasteiger partial charge on any atom is 0.265 e. The Kier molecular flexibility index (Phi) is 8.21. The second kappa shape index (κ2) is 11.8. The van der Waals surface area contributed by atoms with Gasteiger partial charge in [-0.15, -0.1) is 0 Å². The highest BCUT2D eigenvalue weighted by molar-refractivity contribution is 7.93. The SMILES string of the molecule is CC[C@H](C(=O)NC1CCCC1)N(CCc1ccccc1)C(=O)CCCN1c2cccc3cccc(c23)S1(=O)=O. The zero-order chi connectivity index (χ0) is 27.4. The molecule has 7 nitrogen and oxygen atoms in total. The van der Waals surface area contributed by atoms with Crippen molar-refractivity contribution in [1.82, 2.24) is 10.2 Å². The molecule has 0 spiro atoms. The Hall–Kier alpha value is -3.39. The second-order valence-electron chi connectivity index (χ2n) is 10.5.